The summed E-state index contributed by atoms with van der Waals surface area (Å²) in [6.07, 6.45) is -0.288. The van der Waals surface area contributed by atoms with Crippen molar-refractivity contribution in [2.24, 2.45) is 5.92 Å². The SMILES string of the molecule is O=S(=O)(N[C@H]1C[C@@H](C2=CB(O)Oc3cnc4[nH]ccc4c32)C1)c1ccc(C(F)(F)F)cc1. The van der Waals surface area contributed by atoms with Gasteiger partial charge in [0.15, 0.2) is 0 Å². The smallest absolute Gasteiger partial charge is 0.531 e. The van der Waals surface area contributed by atoms with Crippen LogP contribution in [0.1, 0.15) is 24.0 Å². The molecule has 5 rings (SSSR count). The van der Waals surface area contributed by atoms with Gasteiger partial charge in [-0.1, -0.05) is 0 Å². The number of H-pyrrole nitrogens is 1. The van der Waals surface area contributed by atoms with Crippen LogP contribution < -0.4 is 9.38 Å². The van der Waals surface area contributed by atoms with E-state index in [0.29, 0.717) is 24.2 Å². The average molecular weight is 463 g/mol. The first kappa shape index (κ1) is 21.0. The van der Waals surface area contributed by atoms with E-state index in [4.69, 9.17) is 4.65 Å². The molecule has 0 saturated heterocycles. The summed E-state index contributed by atoms with van der Waals surface area (Å²) in [7, 11) is -5.09. The van der Waals surface area contributed by atoms with Gasteiger partial charge in [-0.15, -0.1) is 0 Å². The fourth-order valence-electron chi connectivity index (χ4n) is 4.20. The van der Waals surface area contributed by atoms with Crippen molar-refractivity contribution in [2.75, 3.05) is 0 Å². The van der Waals surface area contributed by atoms with E-state index in [-0.39, 0.29) is 16.9 Å². The summed E-state index contributed by atoms with van der Waals surface area (Å²) in [5.74, 6) is 2.05. The Hall–Kier alpha value is -2.83. The molecule has 0 atom stereocenters. The van der Waals surface area contributed by atoms with Crippen molar-refractivity contribution in [1.82, 2.24) is 14.7 Å². The Balaban J connectivity index is 1.32. The summed E-state index contributed by atoms with van der Waals surface area (Å²) in [5, 5.41) is 10.9. The molecule has 1 fully saturated rings. The molecule has 2 aliphatic rings. The highest BCUT2D eigenvalue weighted by molar-refractivity contribution is 7.89. The first-order valence-corrected chi connectivity index (χ1v) is 11.3. The Kier molecular flexibility index (Phi) is 4.84. The lowest BCUT2D eigenvalue weighted by molar-refractivity contribution is -0.137. The van der Waals surface area contributed by atoms with Crippen LogP contribution in [0, 0.1) is 5.92 Å². The first-order valence-electron chi connectivity index (χ1n) is 9.84. The highest BCUT2D eigenvalue weighted by Gasteiger charge is 2.39. The number of allylic oxidation sites excluding steroid dienone is 1. The largest absolute Gasteiger partial charge is 0.552 e. The number of hydrogen-bond donors (Lipinski definition) is 3. The minimum atomic E-state index is -4.53. The minimum Gasteiger partial charge on any atom is -0.531 e. The molecule has 0 spiro atoms. The molecule has 0 radical (unpaired) electrons. The zero-order valence-electron chi connectivity index (χ0n) is 16.4. The number of halogens is 3. The second-order valence-electron chi connectivity index (χ2n) is 7.88. The van der Waals surface area contributed by atoms with Crippen LogP contribution in [-0.4, -0.2) is 36.6 Å². The summed E-state index contributed by atoms with van der Waals surface area (Å²) < 4.78 is 71.4. The van der Waals surface area contributed by atoms with Crippen molar-refractivity contribution >= 4 is 33.7 Å². The molecule has 12 heteroatoms. The minimum absolute atomic E-state index is 0.0203. The topological polar surface area (TPSA) is 104 Å². The van der Waals surface area contributed by atoms with Crippen molar-refractivity contribution in [1.29, 1.82) is 0 Å². The van der Waals surface area contributed by atoms with E-state index in [0.717, 1.165) is 40.8 Å². The molecule has 1 aliphatic carbocycles. The summed E-state index contributed by atoms with van der Waals surface area (Å²) in [6, 6.07) is 4.88. The van der Waals surface area contributed by atoms with Crippen LogP contribution in [0.25, 0.3) is 16.6 Å². The van der Waals surface area contributed by atoms with E-state index in [1.807, 2.05) is 6.07 Å². The standard InChI is InChI=1S/C20H17BF3N3O4S/c22-20(23,24)12-1-3-14(4-2-12)32(29,30)27-13-7-11(8-13)16-9-21(28)31-17-10-26-19-15(18(16)17)5-6-25-19/h1-6,9-11,13,27-28H,7-8H2,(H,25,26)/t11-,13+. The number of rotatable bonds is 4. The molecule has 1 aromatic carbocycles. The lowest BCUT2D eigenvalue weighted by Gasteiger charge is -2.39. The fraction of sp³-hybridized carbons (Fsp3) is 0.250. The quantitative estimate of drug-likeness (QED) is 0.516. The monoisotopic (exact) mass is 463 g/mol. The van der Waals surface area contributed by atoms with Gasteiger partial charge in [0, 0.05) is 23.2 Å². The van der Waals surface area contributed by atoms with Crippen molar-refractivity contribution in [3.63, 3.8) is 0 Å². The van der Waals surface area contributed by atoms with E-state index in [2.05, 4.69) is 14.7 Å². The number of fused-ring (bicyclic) bond motifs is 3. The van der Waals surface area contributed by atoms with Crippen molar-refractivity contribution in [3.05, 3.63) is 59.8 Å². The van der Waals surface area contributed by atoms with Crippen molar-refractivity contribution in [2.45, 2.75) is 30.0 Å². The van der Waals surface area contributed by atoms with Gasteiger partial charge in [0.2, 0.25) is 10.0 Å². The lowest BCUT2D eigenvalue weighted by Crippen LogP contribution is -2.45. The Morgan fingerprint density at radius 2 is 1.91 bits per heavy atom. The lowest BCUT2D eigenvalue weighted by atomic mass is 9.68. The normalized spacial score (nSPS) is 21.0. The van der Waals surface area contributed by atoms with Crippen LogP contribution in [0.2, 0.25) is 0 Å². The van der Waals surface area contributed by atoms with Gasteiger partial charge >= 0.3 is 13.3 Å². The van der Waals surface area contributed by atoms with Crippen LogP contribution in [0.5, 0.6) is 5.75 Å². The third-order valence-electron chi connectivity index (χ3n) is 5.80. The molecule has 7 nitrogen and oxygen atoms in total. The van der Waals surface area contributed by atoms with Gasteiger partial charge in [-0.2, -0.15) is 13.2 Å². The number of aromatic nitrogens is 2. The van der Waals surface area contributed by atoms with Crippen molar-refractivity contribution < 1.29 is 31.3 Å². The zero-order valence-corrected chi connectivity index (χ0v) is 17.2. The number of pyridine rings is 1. The predicted molar refractivity (Wildman–Crippen MR) is 111 cm³/mol. The van der Waals surface area contributed by atoms with Crippen LogP contribution in [0.3, 0.4) is 0 Å². The van der Waals surface area contributed by atoms with E-state index in [9.17, 15) is 26.6 Å². The van der Waals surface area contributed by atoms with Gasteiger partial charge < -0.3 is 14.7 Å². The molecule has 2 aromatic heterocycles. The van der Waals surface area contributed by atoms with Crippen LogP contribution in [-0.2, 0) is 16.2 Å². The fourth-order valence-corrected chi connectivity index (χ4v) is 5.46. The maximum atomic E-state index is 12.7. The molecule has 0 bridgehead atoms. The number of nitrogens with one attached hydrogen (secondary N) is 2. The Morgan fingerprint density at radius 1 is 1.19 bits per heavy atom. The summed E-state index contributed by atoms with van der Waals surface area (Å²) >= 11 is 0. The highest BCUT2D eigenvalue weighted by atomic mass is 32.2. The van der Waals surface area contributed by atoms with E-state index >= 15 is 0 Å². The van der Waals surface area contributed by atoms with Crippen LogP contribution in [0.4, 0.5) is 13.2 Å². The molecule has 3 heterocycles. The van der Waals surface area contributed by atoms with Gasteiger partial charge in [-0.25, -0.2) is 18.1 Å². The maximum Gasteiger partial charge on any atom is 0.552 e. The summed E-state index contributed by atoms with van der Waals surface area (Å²) in [6.45, 7) is 0. The molecule has 3 aromatic rings. The van der Waals surface area contributed by atoms with Gasteiger partial charge in [0.1, 0.15) is 11.4 Å². The van der Waals surface area contributed by atoms with E-state index < -0.39 is 28.9 Å². The third-order valence-corrected chi connectivity index (χ3v) is 7.34. The summed E-state index contributed by atoms with van der Waals surface area (Å²) in [5.41, 5.74) is 1.44. The van der Waals surface area contributed by atoms with Crippen LogP contribution in [0.15, 0.2) is 53.6 Å². The van der Waals surface area contributed by atoms with Crippen LogP contribution >= 0.6 is 0 Å². The number of hydrogen-bond acceptors (Lipinski definition) is 5. The molecule has 0 amide bonds. The predicted octanol–water partition coefficient (Wildman–Crippen LogP) is 3.13. The van der Waals surface area contributed by atoms with E-state index in [1.54, 1.807) is 12.2 Å². The van der Waals surface area contributed by atoms with Gasteiger partial charge in [-0.05, 0) is 60.6 Å². The number of aromatic amines is 1. The zero-order chi connectivity index (χ0) is 22.7. The average Bonchev–Trinajstić information content (AvgIpc) is 3.18. The Morgan fingerprint density at radius 3 is 2.59 bits per heavy atom. The molecule has 166 valence electrons. The van der Waals surface area contributed by atoms with Crippen molar-refractivity contribution in [3.8, 4) is 5.75 Å². The molecule has 3 N–H and O–H groups in total. The summed E-state index contributed by atoms with van der Waals surface area (Å²) in [4.78, 5) is 7.07. The third kappa shape index (κ3) is 3.68. The molecule has 1 saturated carbocycles. The van der Waals surface area contributed by atoms with Gasteiger partial charge in [0.05, 0.1) is 16.7 Å². The van der Waals surface area contributed by atoms with E-state index in [1.165, 1.54) is 6.20 Å². The first-order chi connectivity index (χ1) is 15.1. The Bertz CT molecular complexity index is 1320. The molecule has 1 aliphatic heterocycles. The number of sulfonamides is 1. The highest BCUT2D eigenvalue weighted by Crippen LogP contribution is 2.46. The molecular formula is C20H17BF3N3O4S. The van der Waals surface area contributed by atoms with Gasteiger partial charge in [0.25, 0.3) is 0 Å². The second kappa shape index (κ2) is 7.36. The molecule has 0 unspecified atom stereocenters. The second-order valence-corrected chi connectivity index (χ2v) is 9.59. The number of nitrogens with zero attached hydrogens (tertiary/aromatic N) is 1. The molecule has 32 heavy (non-hydrogen) atoms. The maximum absolute atomic E-state index is 12.7. The van der Waals surface area contributed by atoms with Gasteiger partial charge in [-0.3, -0.25) is 0 Å². The number of alkyl halides is 3. The Labute approximate surface area is 181 Å². The number of benzene rings is 1. The molecular weight excluding hydrogens is 446 g/mol.